The fourth-order valence-electron chi connectivity index (χ4n) is 2.08. The van der Waals surface area contributed by atoms with E-state index in [1.807, 2.05) is 0 Å². The fourth-order valence-corrected chi connectivity index (χ4v) is 2.31. The first-order chi connectivity index (χ1) is 10.0. The Morgan fingerprint density at radius 3 is 2.57 bits per heavy atom. The summed E-state index contributed by atoms with van der Waals surface area (Å²) in [6.07, 6.45) is -1.46. The van der Waals surface area contributed by atoms with Gasteiger partial charge in [0, 0.05) is 30.6 Å². The molecule has 2 rings (SSSR count). The number of β-amino-alcohol motifs (C(OH)–C–C–N with tert-alkyl or cyclic N) is 2. The molecule has 1 aliphatic heterocycles. The predicted octanol–water partition coefficient (Wildman–Crippen LogP) is 0.251. The van der Waals surface area contributed by atoms with Crippen LogP contribution in [-0.4, -0.2) is 58.0 Å². The number of likely N-dealkylation sites (tertiary alicyclic amines) is 1. The van der Waals surface area contributed by atoms with Crippen LogP contribution in [0.4, 0.5) is 0 Å². The molecule has 0 aromatic heterocycles. The van der Waals surface area contributed by atoms with Crippen LogP contribution in [-0.2, 0) is 0 Å². The molecule has 0 radical (unpaired) electrons. The zero-order valence-electron chi connectivity index (χ0n) is 11.3. The van der Waals surface area contributed by atoms with Crippen molar-refractivity contribution in [3.8, 4) is 11.8 Å². The molecule has 1 heterocycles. The summed E-state index contributed by atoms with van der Waals surface area (Å²) in [5.41, 5.74) is 0.970. The van der Waals surface area contributed by atoms with E-state index in [1.54, 1.807) is 12.1 Å². The van der Waals surface area contributed by atoms with Crippen molar-refractivity contribution in [2.24, 2.45) is 0 Å². The summed E-state index contributed by atoms with van der Waals surface area (Å²) in [6, 6.07) is 4.76. The first kappa shape index (κ1) is 15.8. The molecule has 3 N–H and O–H groups in total. The van der Waals surface area contributed by atoms with Crippen LogP contribution in [0.25, 0.3) is 0 Å². The fraction of sp³-hybridized carbons (Fsp3) is 0.400. The topological polar surface area (TPSA) is 81.0 Å². The third kappa shape index (κ3) is 3.74. The summed E-state index contributed by atoms with van der Waals surface area (Å²) in [5, 5.41) is 28.0. The summed E-state index contributed by atoms with van der Waals surface area (Å²) in [5.74, 6) is 5.29. The third-order valence-electron chi connectivity index (χ3n) is 3.22. The van der Waals surface area contributed by atoms with Crippen molar-refractivity contribution in [2.75, 3.05) is 19.7 Å². The lowest BCUT2D eigenvalue weighted by atomic mass is 10.1. The lowest BCUT2D eigenvalue weighted by Gasteiger charge is -2.15. The second-order valence-electron chi connectivity index (χ2n) is 4.81. The zero-order valence-corrected chi connectivity index (χ0v) is 12.0. The van der Waals surface area contributed by atoms with Crippen LogP contribution in [0.5, 0.6) is 0 Å². The molecular weight excluding hydrogens is 294 g/mol. The van der Waals surface area contributed by atoms with E-state index in [1.165, 1.54) is 11.0 Å². The van der Waals surface area contributed by atoms with Gasteiger partial charge in [0.25, 0.3) is 5.91 Å². The summed E-state index contributed by atoms with van der Waals surface area (Å²) in [7, 11) is 0. The minimum Gasteiger partial charge on any atom is -0.395 e. The van der Waals surface area contributed by atoms with Gasteiger partial charge in [-0.3, -0.25) is 4.79 Å². The van der Waals surface area contributed by atoms with Gasteiger partial charge in [0.05, 0.1) is 23.8 Å². The molecule has 2 unspecified atom stereocenters. The Kier molecular flexibility index (Phi) is 5.21. The maximum atomic E-state index is 12.2. The summed E-state index contributed by atoms with van der Waals surface area (Å²) in [6.45, 7) is 0.201. The molecule has 5 nitrogen and oxygen atoms in total. The van der Waals surface area contributed by atoms with Gasteiger partial charge in [0.2, 0.25) is 0 Å². The normalized spacial score (nSPS) is 21.0. The molecule has 1 saturated heterocycles. The van der Waals surface area contributed by atoms with Crippen LogP contribution in [0.1, 0.15) is 22.3 Å². The van der Waals surface area contributed by atoms with Crippen LogP contribution < -0.4 is 0 Å². The molecule has 0 spiro atoms. The monoisotopic (exact) mass is 309 g/mol. The van der Waals surface area contributed by atoms with Gasteiger partial charge in [-0.2, -0.15) is 0 Å². The molecule has 21 heavy (non-hydrogen) atoms. The maximum Gasteiger partial charge on any atom is 0.254 e. The highest BCUT2D eigenvalue weighted by atomic mass is 35.5. The van der Waals surface area contributed by atoms with Crippen molar-refractivity contribution in [3.05, 3.63) is 34.3 Å². The molecule has 1 aliphatic rings. The molecule has 1 aromatic carbocycles. The second kappa shape index (κ2) is 6.92. The van der Waals surface area contributed by atoms with E-state index in [-0.39, 0.29) is 25.6 Å². The van der Waals surface area contributed by atoms with Crippen molar-refractivity contribution < 1.29 is 20.1 Å². The molecule has 112 valence electrons. The number of aliphatic hydroxyl groups excluding tert-OH is 3. The quantitative estimate of drug-likeness (QED) is 0.684. The van der Waals surface area contributed by atoms with Crippen LogP contribution in [0, 0.1) is 11.8 Å². The number of halogens is 1. The number of nitrogens with zero attached hydrogens (tertiary/aromatic N) is 1. The Balaban J connectivity index is 2.13. The summed E-state index contributed by atoms with van der Waals surface area (Å²) < 4.78 is 0. The highest BCUT2D eigenvalue weighted by molar-refractivity contribution is 6.32. The standard InChI is InChI=1S/C15H16ClNO4/c16-12-7-11(5-4-10(12)3-1-2-6-18)15(21)17-8-13(19)14(20)9-17/h4-5,7,13-14,18-20H,2,6,8-9H2. The molecule has 6 heteroatoms. The van der Waals surface area contributed by atoms with Gasteiger partial charge in [0.15, 0.2) is 0 Å². The first-order valence-corrected chi connectivity index (χ1v) is 6.95. The van der Waals surface area contributed by atoms with Crippen molar-refractivity contribution in [1.29, 1.82) is 0 Å². The highest BCUT2D eigenvalue weighted by Gasteiger charge is 2.32. The number of benzene rings is 1. The van der Waals surface area contributed by atoms with Gasteiger partial charge >= 0.3 is 0 Å². The van der Waals surface area contributed by atoms with Crippen molar-refractivity contribution >= 4 is 17.5 Å². The van der Waals surface area contributed by atoms with E-state index in [2.05, 4.69) is 11.8 Å². The Hall–Kier alpha value is -1.58. The average molecular weight is 310 g/mol. The second-order valence-corrected chi connectivity index (χ2v) is 5.22. The van der Waals surface area contributed by atoms with Gasteiger partial charge in [0.1, 0.15) is 0 Å². The lowest BCUT2D eigenvalue weighted by Crippen LogP contribution is -2.29. The lowest BCUT2D eigenvalue weighted by molar-refractivity contribution is 0.0572. The van der Waals surface area contributed by atoms with Crippen molar-refractivity contribution in [1.82, 2.24) is 4.90 Å². The largest absolute Gasteiger partial charge is 0.395 e. The molecule has 2 atom stereocenters. The number of amides is 1. The SMILES string of the molecule is O=C(c1ccc(C#CCCO)c(Cl)c1)N1CC(O)C(O)C1. The number of hydrogen-bond donors (Lipinski definition) is 3. The van der Waals surface area contributed by atoms with Gasteiger partial charge < -0.3 is 20.2 Å². The van der Waals surface area contributed by atoms with Gasteiger partial charge in [-0.05, 0) is 18.2 Å². The van der Waals surface area contributed by atoms with Gasteiger partial charge in [-0.25, -0.2) is 0 Å². The van der Waals surface area contributed by atoms with E-state index in [0.717, 1.165) is 0 Å². The predicted molar refractivity (Wildman–Crippen MR) is 77.9 cm³/mol. The van der Waals surface area contributed by atoms with E-state index in [9.17, 15) is 15.0 Å². The van der Waals surface area contributed by atoms with Crippen molar-refractivity contribution in [3.63, 3.8) is 0 Å². The number of aliphatic hydroxyl groups is 3. The summed E-state index contributed by atoms with van der Waals surface area (Å²) in [4.78, 5) is 13.6. The Morgan fingerprint density at radius 1 is 1.33 bits per heavy atom. The number of carbonyl (C=O) groups is 1. The number of rotatable bonds is 2. The van der Waals surface area contributed by atoms with E-state index in [0.29, 0.717) is 22.6 Å². The molecule has 0 bridgehead atoms. The minimum atomic E-state index is -0.909. The van der Waals surface area contributed by atoms with Crippen LogP contribution in [0.15, 0.2) is 18.2 Å². The van der Waals surface area contributed by atoms with Crippen LogP contribution in [0.2, 0.25) is 5.02 Å². The minimum absolute atomic E-state index is 0.0131. The van der Waals surface area contributed by atoms with Gasteiger partial charge in [-0.15, -0.1) is 0 Å². The van der Waals surface area contributed by atoms with Crippen molar-refractivity contribution in [2.45, 2.75) is 18.6 Å². The zero-order chi connectivity index (χ0) is 15.4. The average Bonchev–Trinajstić information content (AvgIpc) is 2.80. The van der Waals surface area contributed by atoms with Gasteiger partial charge in [-0.1, -0.05) is 23.4 Å². The van der Waals surface area contributed by atoms with Crippen LogP contribution >= 0.6 is 11.6 Å². The van der Waals surface area contributed by atoms with E-state index >= 15 is 0 Å². The first-order valence-electron chi connectivity index (χ1n) is 6.57. The molecule has 0 saturated carbocycles. The van der Waals surface area contributed by atoms with E-state index < -0.39 is 12.2 Å². The molecular formula is C15H16ClNO4. The van der Waals surface area contributed by atoms with Crippen LogP contribution in [0.3, 0.4) is 0 Å². The Bertz CT molecular complexity index is 583. The molecule has 0 aliphatic carbocycles. The Labute approximate surface area is 127 Å². The number of carbonyl (C=O) groups excluding carboxylic acids is 1. The molecule has 1 fully saturated rings. The Morgan fingerprint density at radius 2 is 2.00 bits per heavy atom. The maximum absolute atomic E-state index is 12.2. The third-order valence-corrected chi connectivity index (χ3v) is 3.53. The molecule has 1 amide bonds. The number of hydrogen-bond acceptors (Lipinski definition) is 4. The molecule has 1 aromatic rings. The highest BCUT2D eigenvalue weighted by Crippen LogP contribution is 2.20. The smallest absolute Gasteiger partial charge is 0.254 e. The summed E-state index contributed by atoms with van der Waals surface area (Å²) >= 11 is 6.08. The van der Waals surface area contributed by atoms with E-state index in [4.69, 9.17) is 16.7 Å².